The molecule has 0 saturated carbocycles. The first-order valence-electron chi connectivity index (χ1n) is 4.28. The van der Waals surface area contributed by atoms with Gasteiger partial charge >= 0.3 is 12.1 Å². The fraction of sp³-hybridized carbons (Fsp3) is 0.667. The number of ether oxygens (including phenoxy) is 1. The Morgan fingerprint density at radius 2 is 2.07 bits per heavy atom. The Bertz CT molecular complexity index is 238. The molecule has 15 heavy (non-hydrogen) atoms. The van der Waals surface area contributed by atoms with Gasteiger partial charge in [-0.05, 0) is 18.1 Å². The van der Waals surface area contributed by atoms with Crippen molar-refractivity contribution in [2.75, 3.05) is 12.9 Å². The first-order valence-corrected chi connectivity index (χ1v) is 5.50. The minimum absolute atomic E-state index is 0.0736. The largest absolute Gasteiger partial charge is 0.466 e. The molecule has 0 heterocycles. The van der Waals surface area contributed by atoms with Crippen LogP contribution in [0.2, 0.25) is 0 Å². The van der Waals surface area contributed by atoms with Gasteiger partial charge < -0.3 is 4.74 Å². The molecular formula is C9H13F3O2S. The predicted octanol–water partition coefficient (Wildman–Crippen LogP) is 2.99. The Morgan fingerprint density at radius 1 is 1.53 bits per heavy atom. The first-order chi connectivity index (χ1) is 6.82. The van der Waals surface area contributed by atoms with Gasteiger partial charge in [0, 0.05) is 0 Å². The van der Waals surface area contributed by atoms with Gasteiger partial charge in [-0.2, -0.15) is 13.2 Å². The molecule has 0 N–H and O–H groups in total. The molecule has 0 aliphatic carbocycles. The van der Waals surface area contributed by atoms with Crippen molar-refractivity contribution >= 4 is 17.7 Å². The molecule has 6 heteroatoms. The van der Waals surface area contributed by atoms with Crippen LogP contribution < -0.4 is 0 Å². The van der Waals surface area contributed by atoms with Crippen molar-refractivity contribution in [1.82, 2.24) is 0 Å². The highest BCUT2D eigenvalue weighted by molar-refractivity contribution is 8.02. The van der Waals surface area contributed by atoms with Gasteiger partial charge in [-0.15, -0.1) is 11.8 Å². The molecule has 0 aliphatic heterocycles. The lowest BCUT2D eigenvalue weighted by molar-refractivity contribution is -0.174. The molecular weight excluding hydrogens is 229 g/mol. The van der Waals surface area contributed by atoms with E-state index < -0.39 is 24.5 Å². The molecule has 1 atom stereocenters. The van der Waals surface area contributed by atoms with Crippen LogP contribution in [0.5, 0.6) is 0 Å². The first kappa shape index (κ1) is 14.3. The Balaban J connectivity index is 4.53. The van der Waals surface area contributed by atoms with Crippen molar-refractivity contribution in [2.24, 2.45) is 5.92 Å². The number of allylic oxidation sites excluding steroid dienone is 1. The summed E-state index contributed by atoms with van der Waals surface area (Å²) >= 11 is 0.898. The number of hydrogen-bond acceptors (Lipinski definition) is 3. The second-order valence-corrected chi connectivity index (χ2v) is 3.71. The van der Waals surface area contributed by atoms with Crippen molar-refractivity contribution < 1.29 is 22.7 Å². The zero-order chi connectivity index (χ0) is 12.1. The van der Waals surface area contributed by atoms with E-state index in [1.54, 1.807) is 6.92 Å². The van der Waals surface area contributed by atoms with Crippen LogP contribution in [0.15, 0.2) is 11.5 Å². The van der Waals surface area contributed by atoms with Crippen molar-refractivity contribution in [1.29, 1.82) is 0 Å². The number of halogens is 3. The van der Waals surface area contributed by atoms with Gasteiger partial charge in [0.1, 0.15) is 0 Å². The Kier molecular flexibility index (Phi) is 5.79. The Morgan fingerprint density at radius 3 is 2.40 bits per heavy atom. The highest BCUT2D eigenvalue weighted by atomic mass is 32.2. The molecule has 0 radical (unpaired) electrons. The third kappa shape index (κ3) is 5.11. The third-order valence-corrected chi connectivity index (χ3v) is 2.53. The fourth-order valence-corrected chi connectivity index (χ4v) is 1.44. The van der Waals surface area contributed by atoms with Crippen LogP contribution in [-0.2, 0) is 9.53 Å². The van der Waals surface area contributed by atoms with Crippen LogP contribution >= 0.6 is 11.8 Å². The molecule has 0 bridgehead atoms. The molecule has 88 valence electrons. The normalized spacial score (nSPS) is 13.4. The van der Waals surface area contributed by atoms with Crippen LogP contribution in [0.1, 0.15) is 13.3 Å². The molecule has 0 aliphatic rings. The van der Waals surface area contributed by atoms with E-state index >= 15 is 0 Å². The number of esters is 1. The average molecular weight is 242 g/mol. The van der Waals surface area contributed by atoms with Gasteiger partial charge in [-0.1, -0.05) is 6.58 Å². The van der Waals surface area contributed by atoms with Gasteiger partial charge in [-0.3, -0.25) is 4.79 Å². The third-order valence-electron chi connectivity index (χ3n) is 1.72. The van der Waals surface area contributed by atoms with Crippen LogP contribution in [0.4, 0.5) is 13.2 Å². The maximum atomic E-state index is 12.5. The summed E-state index contributed by atoms with van der Waals surface area (Å²) in [5.74, 6) is -2.68. The molecule has 0 amide bonds. The minimum atomic E-state index is -4.45. The molecule has 2 nitrogen and oxygen atoms in total. The molecule has 0 aromatic heterocycles. The number of hydrogen-bond donors (Lipinski definition) is 0. The van der Waals surface area contributed by atoms with Crippen molar-refractivity contribution in [3.63, 3.8) is 0 Å². The summed E-state index contributed by atoms with van der Waals surface area (Å²) in [6.45, 7) is 4.91. The second-order valence-electron chi connectivity index (χ2n) is 2.77. The van der Waals surface area contributed by atoms with Gasteiger partial charge in [0.25, 0.3) is 0 Å². The fourth-order valence-electron chi connectivity index (χ4n) is 0.941. The summed E-state index contributed by atoms with van der Waals surface area (Å²) in [5.41, 5.74) is 0. The lowest BCUT2D eigenvalue weighted by atomic mass is 10.1. The van der Waals surface area contributed by atoms with E-state index in [9.17, 15) is 18.0 Å². The van der Waals surface area contributed by atoms with Crippen LogP contribution in [0, 0.1) is 5.92 Å². The van der Waals surface area contributed by atoms with Crippen molar-refractivity contribution in [2.45, 2.75) is 19.5 Å². The van der Waals surface area contributed by atoms with Gasteiger partial charge in [0.15, 0.2) is 0 Å². The maximum Gasteiger partial charge on any atom is 0.396 e. The summed E-state index contributed by atoms with van der Waals surface area (Å²) in [4.78, 5) is 10.9. The van der Waals surface area contributed by atoms with Gasteiger partial charge in [0.2, 0.25) is 0 Å². The number of carbonyl (C=O) groups is 1. The van der Waals surface area contributed by atoms with Crippen LogP contribution in [-0.4, -0.2) is 25.0 Å². The van der Waals surface area contributed by atoms with Crippen LogP contribution in [0.25, 0.3) is 0 Å². The topological polar surface area (TPSA) is 26.3 Å². The lowest BCUT2D eigenvalue weighted by Gasteiger charge is -2.20. The van der Waals surface area contributed by atoms with Gasteiger partial charge in [-0.25, -0.2) is 0 Å². The lowest BCUT2D eigenvalue weighted by Crippen LogP contribution is -2.27. The number of rotatable bonds is 5. The molecule has 0 spiro atoms. The molecule has 0 rings (SSSR count). The van der Waals surface area contributed by atoms with E-state index in [0.717, 1.165) is 11.8 Å². The molecule has 0 fully saturated rings. The zero-order valence-corrected chi connectivity index (χ0v) is 9.37. The number of thioether (sulfide) groups is 1. The zero-order valence-electron chi connectivity index (χ0n) is 8.56. The smallest absolute Gasteiger partial charge is 0.396 e. The highest BCUT2D eigenvalue weighted by Crippen LogP contribution is 2.37. The highest BCUT2D eigenvalue weighted by Gasteiger charge is 2.42. The second kappa shape index (κ2) is 6.05. The van der Waals surface area contributed by atoms with E-state index in [4.69, 9.17) is 0 Å². The standard InChI is InChI=1S/C9H13F3O2S/c1-4-14-8(13)5-7(6(2)15-3)9(10,11)12/h7H,2,4-5H2,1,3H3. The molecule has 0 aromatic carbocycles. The number of carbonyl (C=O) groups excluding carboxylic acids is 1. The summed E-state index contributed by atoms with van der Waals surface area (Å²) < 4.78 is 41.9. The van der Waals surface area contributed by atoms with E-state index in [-0.39, 0.29) is 11.5 Å². The monoisotopic (exact) mass is 242 g/mol. The van der Waals surface area contributed by atoms with Crippen molar-refractivity contribution in [3.05, 3.63) is 11.5 Å². The Labute approximate surface area is 90.9 Å². The molecule has 0 saturated heterocycles. The SMILES string of the molecule is C=C(SC)C(CC(=O)OCC)C(F)(F)F. The summed E-state index contributed by atoms with van der Waals surface area (Å²) in [6.07, 6.45) is -3.66. The molecule has 1 unspecified atom stereocenters. The van der Waals surface area contributed by atoms with Crippen molar-refractivity contribution in [3.8, 4) is 0 Å². The number of alkyl halides is 3. The van der Waals surface area contributed by atoms with E-state index in [1.807, 2.05) is 0 Å². The Hall–Kier alpha value is -0.650. The maximum absolute atomic E-state index is 12.5. The van der Waals surface area contributed by atoms with Gasteiger partial charge in [0.05, 0.1) is 18.9 Å². The molecule has 0 aromatic rings. The van der Waals surface area contributed by atoms with E-state index in [0.29, 0.717) is 0 Å². The van der Waals surface area contributed by atoms with E-state index in [2.05, 4.69) is 11.3 Å². The van der Waals surface area contributed by atoms with E-state index in [1.165, 1.54) is 6.26 Å². The predicted molar refractivity (Wildman–Crippen MR) is 53.5 cm³/mol. The quantitative estimate of drug-likeness (QED) is 0.693. The minimum Gasteiger partial charge on any atom is -0.466 e. The summed E-state index contributed by atoms with van der Waals surface area (Å²) in [5, 5.41) is 0. The summed E-state index contributed by atoms with van der Waals surface area (Å²) in [6, 6.07) is 0. The summed E-state index contributed by atoms with van der Waals surface area (Å²) in [7, 11) is 0. The average Bonchev–Trinajstić information content (AvgIpc) is 2.12. The van der Waals surface area contributed by atoms with Crippen LogP contribution in [0.3, 0.4) is 0 Å².